The van der Waals surface area contributed by atoms with Crippen LogP contribution in [0.2, 0.25) is 18.1 Å². The molecule has 1 aromatic heterocycles. The van der Waals surface area contributed by atoms with E-state index in [4.69, 9.17) is 13.9 Å². The van der Waals surface area contributed by atoms with Crippen molar-refractivity contribution in [1.29, 1.82) is 0 Å². The molecule has 0 bridgehead atoms. The van der Waals surface area contributed by atoms with Gasteiger partial charge in [0.25, 0.3) is 5.56 Å². The third kappa shape index (κ3) is 4.97. The Bertz CT molecular complexity index is 807. The number of esters is 1. The van der Waals surface area contributed by atoms with Gasteiger partial charge in [-0.05, 0) is 25.1 Å². The summed E-state index contributed by atoms with van der Waals surface area (Å²) in [5.74, 6) is -0.398. The van der Waals surface area contributed by atoms with E-state index in [1.165, 1.54) is 17.7 Å². The zero-order valence-corrected chi connectivity index (χ0v) is 18.1. The fourth-order valence-electron chi connectivity index (χ4n) is 2.70. The molecule has 1 aliphatic rings. The molecule has 0 saturated carbocycles. The standard InChI is InChI=1S/C18H30N2O6Si/c1-11-9-20(17(23)19-16(11)22)15-8-13(14(25-15)10-24-12(2)21)26-27(6,7)18(3,4)5/h9,13-15H,8,10H2,1-7H3,(H,19,22,23). The number of nitrogens with zero attached hydrogens (tertiary/aromatic N) is 1. The fraction of sp³-hybridized carbons (Fsp3) is 0.722. The molecule has 3 atom stereocenters. The molecule has 0 aromatic carbocycles. The molecule has 0 amide bonds. The number of nitrogens with one attached hydrogen (secondary N) is 1. The van der Waals surface area contributed by atoms with Crippen LogP contribution < -0.4 is 11.2 Å². The number of H-pyrrole nitrogens is 1. The highest BCUT2D eigenvalue weighted by atomic mass is 28.4. The molecule has 0 radical (unpaired) electrons. The summed E-state index contributed by atoms with van der Waals surface area (Å²) in [4.78, 5) is 37.4. The van der Waals surface area contributed by atoms with E-state index < -0.39 is 37.9 Å². The highest BCUT2D eigenvalue weighted by Gasteiger charge is 2.45. The molecule has 1 N–H and O–H groups in total. The summed E-state index contributed by atoms with van der Waals surface area (Å²) in [6.45, 7) is 13.7. The first-order chi connectivity index (χ1) is 12.3. The Morgan fingerprint density at radius 3 is 2.56 bits per heavy atom. The van der Waals surface area contributed by atoms with Crippen LogP contribution in [-0.2, 0) is 18.7 Å². The number of hydrogen-bond acceptors (Lipinski definition) is 6. The van der Waals surface area contributed by atoms with Gasteiger partial charge in [-0.2, -0.15) is 0 Å². The van der Waals surface area contributed by atoms with Gasteiger partial charge in [0.05, 0.1) is 6.10 Å². The van der Waals surface area contributed by atoms with Gasteiger partial charge in [-0.15, -0.1) is 0 Å². The minimum absolute atomic E-state index is 0.00246. The molecule has 1 aliphatic heterocycles. The molecule has 0 aliphatic carbocycles. The highest BCUT2D eigenvalue weighted by molar-refractivity contribution is 6.74. The van der Waals surface area contributed by atoms with E-state index in [2.05, 4.69) is 38.8 Å². The summed E-state index contributed by atoms with van der Waals surface area (Å²) in [6.07, 6.45) is 0.540. The quantitative estimate of drug-likeness (QED) is 0.602. The van der Waals surface area contributed by atoms with E-state index in [1.807, 2.05) is 0 Å². The Hall–Kier alpha value is -1.71. The second-order valence-electron chi connectivity index (χ2n) is 8.56. The molecule has 152 valence electrons. The van der Waals surface area contributed by atoms with Gasteiger partial charge in [-0.3, -0.25) is 19.1 Å². The maximum absolute atomic E-state index is 12.2. The van der Waals surface area contributed by atoms with Crippen molar-refractivity contribution in [2.24, 2.45) is 0 Å². The zero-order chi connectivity index (χ0) is 20.6. The largest absolute Gasteiger partial charge is 0.463 e. The number of aromatic amines is 1. The lowest BCUT2D eigenvalue weighted by Crippen LogP contribution is -2.46. The number of hydrogen-bond donors (Lipinski definition) is 1. The Labute approximate surface area is 160 Å². The molecule has 1 saturated heterocycles. The lowest BCUT2D eigenvalue weighted by atomic mass is 10.2. The first kappa shape index (κ1) is 21.6. The summed E-state index contributed by atoms with van der Waals surface area (Å²) in [6, 6.07) is 0. The van der Waals surface area contributed by atoms with Gasteiger partial charge in [0, 0.05) is 25.1 Å². The molecule has 2 rings (SSSR count). The predicted octanol–water partition coefficient (Wildman–Crippen LogP) is 2.09. The van der Waals surface area contributed by atoms with Crippen molar-refractivity contribution in [1.82, 2.24) is 9.55 Å². The van der Waals surface area contributed by atoms with Crippen LogP contribution in [0.4, 0.5) is 0 Å². The molecule has 27 heavy (non-hydrogen) atoms. The van der Waals surface area contributed by atoms with Crippen molar-refractivity contribution in [2.75, 3.05) is 6.61 Å². The van der Waals surface area contributed by atoms with Crippen molar-refractivity contribution >= 4 is 14.3 Å². The molecule has 1 aromatic rings. The second kappa shape index (κ2) is 7.73. The average molecular weight is 399 g/mol. The molecule has 2 heterocycles. The van der Waals surface area contributed by atoms with Gasteiger partial charge in [0.1, 0.15) is 18.9 Å². The Kier molecular flexibility index (Phi) is 6.18. The summed E-state index contributed by atoms with van der Waals surface area (Å²) >= 11 is 0. The second-order valence-corrected chi connectivity index (χ2v) is 13.3. The van der Waals surface area contributed by atoms with E-state index in [0.717, 1.165) is 0 Å². The topological polar surface area (TPSA) is 99.6 Å². The monoisotopic (exact) mass is 398 g/mol. The van der Waals surface area contributed by atoms with Crippen LogP contribution in [0.3, 0.4) is 0 Å². The van der Waals surface area contributed by atoms with Crippen molar-refractivity contribution in [3.8, 4) is 0 Å². The summed E-state index contributed by atoms with van der Waals surface area (Å²) < 4.78 is 19.0. The number of carbonyl (C=O) groups is 1. The lowest BCUT2D eigenvalue weighted by molar-refractivity contribution is -0.147. The maximum Gasteiger partial charge on any atom is 0.330 e. The van der Waals surface area contributed by atoms with Crippen LogP contribution in [0.25, 0.3) is 0 Å². The van der Waals surface area contributed by atoms with Crippen molar-refractivity contribution in [3.05, 3.63) is 32.6 Å². The summed E-state index contributed by atoms with van der Waals surface area (Å²) in [5.41, 5.74) is -0.530. The van der Waals surface area contributed by atoms with Crippen molar-refractivity contribution < 1.29 is 18.7 Å². The molecular formula is C18H30N2O6Si. The molecule has 9 heteroatoms. The Morgan fingerprint density at radius 2 is 2.00 bits per heavy atom. The van der Waals surface area contributed by atoms with Crippen LogP contribution in [0.1, 0.15) is 45.9 Å². The van der Waals surface area contributed by atoms with Gasteiger partial charge >= 0.3 is 11.7 Å². The SMILES string of the molecule is CC(=O)OCC1OC(n2cc(C)c(=O)[nH]c2=O)CC1O[Si](C)(C)C(C)(C)C. The normalized spacial score (nSPS) is 23.4. The third-order valence-corrected chi connectivity index (χ3v) is 9.84. The summed E-state index contributed by atoms with van der Waals surface area (Å²) in [5, 5.41) is 0.00246. The highest BCUT2D eigenvalue weighted by Crippen LogP contribution is 2.40. The Morgan fingerprint density at radius 1 is 1.37 bits per heavy atom. The fourth-order valence-corrected chi connectivity index (χ4v) is 4.06. The third-order valence-electron chi connectivity index (χ3n) is 5.34. The molecule has 0 spiro atoms. The van der Waals surface area contributed by atoms with Crippen LogP contribution in [0.5, 0.6) is 0 Å². The predicted molar refractivity (Wildman–Crippen MR) is 103 cm³/mol. The molecule has 8 nitrogen and oxygen atoms in total. The number of carbonyl (C=O) groups excluding carboxylic acids is 1. The smallest absolute Gasteiger partial charge is 0.330 e. The average Bonchev–Trinajstić information content (AvgIpc) is 2.89. The van der Waals surface area contributed by atoms with Gasteiger partial charge < -0.3 is 13.9 Å². The van der Waals surface area contributed by atoms with Gasteiger partial charge in [0.15, 0.2) is 8.32 Å². The van der Waals surface area contributed by atoms with Gasteiger partial charge in [-0.25, -0.2) is 4.79 Å². The summed E-state index contributed by atoms with van der Waals surface area (Å²) in [7, 11) is -2.10. The number of aryl methyl sites for hydroxylation is 1. The molecular weight excluding hydrogens is 368 g/mol. The van der Waals surface area contributed by atoms with E-state index in [-0.39, 0.29) is 17.7 Å². The maximum atomic E-state index is 12.2. The number of rotatable bonds is 5. The zero-order valence-electron chi connectivity index (χ0n) is 17.1. The first-order valence-corrected chi connectivity index (χ1v) is 12.0. The van der Waals surface area contributed by atoms with E-state index in [0.29, 0.717) is 12.0 Å². The van der Waals surface area contributed by atoms with E-state index in [1.54, 1.807) is 6.92 Å². The number of ether oxygens (including phenoxy) is 2. The van der Waals surface area contributed by atoms with Crippen LogP contribution in [0, 0.1) is 6.92 Å². The van der Waals surface area contributed by atoms with Crippen molar-refractivity contribution in [2.45, 2.75) is 77.6 Å². The van der Waals surface area contributed by atoms with Crippen LogP contribution >= 0.6 is 0 Å². The first-order valence-electron chi connectivity index (χ1n) is 9.10. The van der Waals surface area contributed by atoms with Gasteiger partial charge in [-0.1, -0.05) is 20.8 Å². The number of aromatic nitrogens is 2. The minimum atomic E-state index is -2.10. The molecule has 1 fully saturated rings. The van der Waals surface area contributed by atoms with Crippen LogP contribution in [0.15, 0.2) is 15.8 Å². The Balaban J connectivity index is 2.29. The van der Waals surface area contributed by atoms with Crippen LogP contribution in [-0.4, -0.2) is 42.7 Å². The molecule has 3 unspecified atom stereocenters. The van der Waals surface area contributed by atoms with Gasteiger partial charge in [0.2, 0.25) is 0 Å². The minimum Gasteiger partial charge on any atom is -0.463 e. The van der Waals surface area contributed by atoms with E-state index >= 15 is 0 Å². The van der Waals surface area contributed by atoms with E-state index in [9.17, 15) is 14.4 Å². The lowest BCUT2D eigenvalue weighted by Gasteiger charge is -2.39. The van der Waals surface area contributed by atoms with Crippen molar-refractivity contribution in [3.63, 3.8) is 0 Å².